The SMILES string of the molecule is CCCCCCCCCCCCc1ccc(-c2coc(C(C)C#N)n2)cc1. The molecule has 0 saturated carbocycles. The van der Waals surface area contributed by atoms with E-state index in [2.05, 4.69) is 42.2 Å². The number of unbranched alkanes of at least 4 members (excludes halogenated alkanes) is 9. The van der Waals surface area contributed by atoms with E-state index in [9.17, 15) is 0 Å². The summed E-state index contributed by atoms with van der Waals surface area (Å²) < 4.78 is 5.41. The predicted octanol–water partition coefficient (Wildman–Crippen LogP) is 7.43. The number of aromatic nitrogens is 1. The lowest BCUT2D eigenvalue weighted by Gasteiger charge is -2.04. The molecule has 1 aromatic carbocycles. The Labute approximate surface area is 164 Å². The highest BCUT2D eigenvalue weighted by atomic mass is 16.3. The molecule has 0 N–H and O–H groups in total. The molecule has 1 aromatic heterocycles. The van der Waals surface area contributed by atoms with Crippen LogP contribution in [0, 0.1) is 11.3 Å². The largest absolute Gasteiger partial charge is 0.447 e. The molecule has 3 nitrogen and oxygen atoms in total. The average Bonchev–Trinajstić information content (AvgIpc) is 3.19. The van der Waals surface area contributed by atoms with E-state index < -0.39 is 0 Å². The van der Waals surface area contributed by atoms with Gasteiger partial charge >= 0.3 is 0 Å². The number of aryl methyl sites for hydroxylation is 1. The number of oxazole rings is 1. The zero-order chi connectivity index (χ0) is 19.3. The predicted molar refractivity (Wildman–Crippen MR) is 112 cm³/mol. The Balaban J connectivity index is 1.63. The van der Waals surface area contributed by atoms with Crippen LogP contribution in [0.15, 0.2) is 34.9 Å². The molecule has 3 heteroatoms. The number of rotatable bonds is 13. The topological polar surface area (TPSA) is 49.8 Å². The van der Waals surface area contributed by atoms with Gasteiger partial charge in [-0.1, -0.05) is 89.0 Å². The molecule has 0 bridgehead atoms. The van der Waals surface area contributed by atoms with E-state index in [0.29, 0.717) is 5.89 Å². The van der Waals surface area contributed by atoms with Gasteiger partial charge in [0.15, 0.2) is 0 Å². The summed E-state index contributed by atoms with van der Waals surface area (Å²) in [5.74, 6) is 0.177. The van der Waals surface area contributed by atoms with Gasteiger partial charge in [-0.3, -0.25) is 0 Å². The molecule has 0 aliphatic heterocycles. The molecule has 0 aliphatic carbocycles. The van der Waals surface area contributed by atoms with Crippen molar-refractivity contribution in [1.29, 1.82) is 5.26 Å². The Morgan fingerprint density at radius 1 is 0.926 bits per heavy atom. The molecule has 1 atom stereocenters. The summed E-state index contributed by atoms with van der Waals surface area (Å²) >= 11 is 0. The van der Waals surface area contributed by atoms with E-state index in [-0.39, 0.29) is 5.92 Å². The highest BCUT2D eigenvalue weighted by molar-refractivity contribution is 5.58. The maximum Gasteiger partial charge on any atom is 0.211 e. The van der Waals surface area contributed by atoms with Crippen LogP contribution in [0.3, 0.4) is 0 Å². The van der Waals surface area contributed by atoms with Crippen molar-refractivity contribution < 1.29 is 4.42 Å². The summed E-state index contributed by atoms with van der Waals surface area (Å²) in [6.45, 7) is 4.07. The van der Waals surface area contributed by atoms with E-state index in [1.165, 1.54) is 69.8 Å². The van der Waals surface area contributed by atoms with Gasteiger partial charge in [0.2, 0.25) is 5.89 Å². The molecule has 1 heterocycles. The molecule has 2 rings (SSSR count). The second-order valence-corrected chi connectivity index (χ2v) is 7.55. The average molecular weight is 367 g/mol. The first-order valence-corrected chi connectivity index (χ1v) is 10.7. The van der Waals surface area contributed by atoms with Gasteiger partial charge in [0.05, 0.1) is 6.07 Å². The Bertz CT molecular complexity index is 681. The first kappa shape index (κ1) is 21.2. The van der Waals surface area contributed by atoms with Crippen molar-refractivity contribution in [3.63, 3.8) is 0 Å². The molecule has 2 aromatic rings. The molecule has 0 spiro atoms. The van der Waals surface area contributed by atoms with E-state index >= 15 is 0 Å². The minimum atomic E-state index is -0.311. The van der Waals surface area contributed by atoms with Gasteiger partial charge in [0.25, 0.3) is 0 Å². The van der Waals surface area contributed by atoms with E-state index in [1.807, 2.05) is 0 Å². The lowest BCUT2D eigenvalue weighted by molar-refractivity contribution is 0.487. The van der Waals surface area contributed by atoms with Crippen molar-refractivity contribution in [3.05, 3.63) is 42.0 Å². The molecule has 0 fully saturated rings. The van der Waals surface area contributed by atoms with Gasteiger partial charge in [-0.15, -0.1) is 0 Å². The van der Waals surface area contributed by atoms with Crippen LogP contribution in [0.1, 0.15) is 95.4 Å². The minimum absolute atomic E-state index is 0.311. The number of nitriles is 1. The molecule has 27 heavy (non-hydrogen) atoms. The number of benzene rings is 1. The summed E-state index contributed by atoms with van der Waals surface area (Å²) in [6.07, 6.45) is 16.5. The van der Waals surface area contributed by atoms with Crippen LogP contribution >= 0.6 is 0 Å². The quantitative estimate of drug-likeness (QED) is 0.346. The molecule has 0 aliphatic rings. The Morgan fingerprint density at radius 3 is 2.11 bits per heavy atom. The standard InChI is InChI=1S/C24H34N2O/c1-3-4-5-6-7-8-9-10-11-12-13-21-14-16-22(17-15-21)23-19-27-24(26-23)20(2)18-25/h14-17,19-20H,3-13H2,1-2H3. The van der Waals surface area contributed by atoms with Gasteiger partial charge in [-0.05, 0) is 25.3 Å². The van der Waals surface area contributed by atoms with Crippen molar-refractivity contribution >= 4 is 0 Å². The third kappa shape index (κ3) is 7.59. The number of nitrogens with zero attached hydrogens (tertiary/aromatic N) is 2. The minimum Gasteiger partial charge on any atom is -0.447 e. The summed E-state index contributed by atoms with van der Waals surface area (Å²) in [4.78, 5) is 4.42. The van der Waals surface area contributed by atoms with Gasteiger partial charge in [0.1, 0.15) is 17.9 Å². The molecule has 0 radical (unpaired) electrons. The van der Waals surface area contributed by atoms with Crippen molar-refractivity contribution in [1.82, 2.24) is 4.98 Å². The van der Waals surface area contributed by atoms with E-state index in [1.54, 1.807) is 13.2 Å². The summed E-state index contributed by atoms with van der Waals surface area (Å²) in [7, 11) is 0. The van der Waals surface area contributed by atoms with E-state index in [4.69, 9.17) is 9.68 Å². The fourth-order valence-electron chi connectivity index (χ4n) is 3.33. The summed E-state index contributed by atoms with van der Waals surface area (Å²) in [5.41, 5.74) is 3.23. The second kappa shape index (κ2) is 12.3. The molecule has 146 valence electrons. The van der Waals surface area contributed by atoms with Crippen molar-refractivity contribution in [3.8, 4) is 17.3 Å². The zero-order valence-electron chi connectivity index (χ0n) is 17.0. The maximum atomic E-state index is 8.95. The lowest BCUT2D eigenvalue weighted by Crippen LogP contribution is -1.90. The normalized spacial score (nSPS) is 12.0. The third-order valence-corrected chi connectivity index (χ3v) is 5.15. The van der Waals surface area contributed by atoms with Crippen molar-refractivity contribution in [2.24, 2.45) is 0 Å². The summed E-state index contributed by atoms with van der Waals surface area (Å²) in [6, 6.07) is 10.7. The van der Waals surface area contributed by atoms with Crippen LogP contribution in [0.2, 0.25) is 0 Å². The van der Waals surface area contributed by atoms with Gasteiger partial charge in [0, 0.05) is 5.56 Å². The Kier molecular flexibility index (Phi) is 9.69. The number of hydrogen-bond donors (Lipinski definition) is 0. The molecule has 0 saturated heterocycles. The lowest BCUT2D eigenvalue weighted by atomic mass is 10.0. The smallest absolute Gasteiger partial charge is 0.211 e. The van der Waals surface area contributed by atoms with Crippen LogP contribution in [-0.2, 0) is 6.42 Å². The highest BCUT2D eigenvalue weighted by Crippen LogP contribution is 2.23. The van der Waals surface area contributed by atoms with Gasteiger partial charge in [-0.2, -0.15) is 5.26 Å². The first-order valence-electron chi connectivity index (χ1n) is 10.7. The van der Waals surface area contributed by atoms with Gasteiger partial charge < -0.3 is 4.42 Å². The number of hydrogen-bond acceptors (Lipinski definition) is 3. The Hall–Kier alpha value is -2.08. The van der Waals surface area contributed by atoms with Crippen LogP contribution in [0.5, 0.6) is 0 Å². The second-order valence-electron chi connectivity index (χ2n) is 7.55. The van der Waals surface area contributed by atoms with Crippen LogP contribution < -0.4 is 0 Å². The molecule has 0 amide bonds. The van der Waals surface area contributed by atoms with Crippen LogP contribution in [0.4, 0.5) is 0 Å². The maximum absolute atomic E-state index is 8.95. The van der Waals surface area contributed by atoms with Crippen LogP contribution in [0.25, 0.3) is 11.3 Å². The van der Waals surface area contributed by atoms with Crippen molar-refractivity contribution in [2.75, 3.05) is 0 Å². The monoisotopic (exact) mass is 366 g/mol. The molecular weight excluding hydrogens is 332 g/mol. The Morgan fingerprint density at radius 2 is 1.52 bits per heavy atom. The molecule has 1 unspecified atom stereocenters. The zero-order valence-corrected chi connectivity index (χ0v) is 17.0. The first-order chi connectivity index (χ1) is 13.2. The fraction of sp³-hybridized carbons (Fsp3) is 0.583. The molecular formula is C24H34N2O. The van der Waals surface area contributed by atoms with Crippen LogP contribution in [-0.4, -0.2) is 4.98 Å². The highest BCUT2D eigenvalue weighted by Gasteiger charge is 2.12. The van der Waals surface area contributed by atoms with Crippen molar-refractivity contribution in [2.45, 2.75) is 90.4 Å². The third-order valence-electron chi connectivity index (χ3n) is 5.15. The van der Waals surface area contributed by atoms with Gasteiger partial charge in [-0.25, -0.2) is 4.98 Å². The van der Waals surface area contributed by atoms with E-state index in [0.717, 1.165) is 17.7 Å². The summed E-state index contributed by atoms with van der Waals surface area (Å²) in [5, 5.41) is 8.95. The fourth-order valence-corrected chi connectivity index (χ4v) is 3.33.